The summed E-state index contributed by atoms with van der Waals surface area (Å²) in [6.07, 6.45) is 8.10. The number of hydrogen-bond donors (Lipinski definition) is 1. The molecule has 152 valence electrons. The Bertz CT molecular complexity index is 1020. The summed E-state index contributed by atoms with van der Waals surface area (Å²) in [5.74, 6) is -1.05. The summed E-state index contributed by atoms with van der Waals surface area (Å²) in [6.45, 7) is 0. The molecule has 7 heteroatoms. The van der Waals surface area contributed by atoms with Gasteiger partial charge in [0.05, 0.1) is 36.2 Å². The van der Waals surface area contributed by atoms with Crippen molar-refractivity contribution in [3.05, 3.63) is 71.5 Å². The molecule has 3 amide bonds. The Labute approximate surface area is 178 Å². The van der Waals surface area contributed by atoms with Crippen LogP contribution in [-0.4, -0.2) is 27.6 Å². The van der Waals surface area contributed by atoms with Crippen LogP contribution < -0.4 is 5.32 Å². The van der Waals surface area contributed by atoms with Gasteiger partial charge in [-0.15, -0.1) is 0 Å². The second-order valence-electron chi connectivity index (χ2n) is 8.11. The second-order valence-corrected chi connectivity index (χ2v) is 8.55. The van der Waals surface area contributed by atoms with Crippen LogP contribution >= 0.6 is 11.6 Å². The number of amides is 3. The van der Waals surface area contributed by atoms with Gasteiger partial charge in [-0.3, -0.25) is 24.3 Å². The summed E-state index contributed by atoms with van der Waals surface area (Å²) in [6, 6.07) is 9.76. The third-order valence-electron chi connectivity index (χ3n) is 6.37. The standard InChI is InChI=1S/C23H20ClN3O3/c24-16-4-1-3-13(10-16)18(11-19(28)26-17-5-2-8-25-12-17)27-22(29)20-14-6-7-15(9-14)21(20)23(27)30/h1-8,10,12,14-15,18,20-21H,9,11H2,(H,26,28). The van der Waals surface area contributed by atoms with Crippen molar-refractivity contribution in [1.29, 1.82) is 0 Å². The molecule has 0 spiro atoms. The minimum Gasteiger partial charge on any atom is -0.325 e. The van der Waals surface area contributed by atoms with Crippen LogP contribution in [0.25, 0.3) is 0 Å². The maximum absolute atomic E-state index is 13.3. The highest BCUT2D eigenvalue weighted by Gasteiger charge is 2.60. The van der Waals surface area contributed by atoms with E-state index in [4.69, 9.17) is 11.6 Å². The molecule has 1 N–H and O–H groups in total. The molecule has 2 aliphatic carbocycles. The quantitative estimate of drug-likeness (QED) is 0.590. The molecule has 1 aromatic carbocycles. The van der Waals surface area contributed by atoms with Crippen molar-refractivity contribution in [2.24, 2.45) is 23.7 Å². The number of likely N-dealkylation sites (tertiary alicyclic amines) is 1. The zero-order chi connectivity index (χ0) is 20.8. The zero-order valence-electron chi connectivity index (χ0n) is 16.1. The summed E-state index contributed by atoms with van der Waals surface area (Å²) in [4.78, 5) is 44.8. The zero-order valence-corrected chi connectivity index (χ0v) is 16.8. The van der Waals surface area contributed by atoms with Gasteiger partial charge in [-0.25, -0.2) is 0 Å². The number of halogens is 1. The summed E-state index contributed by atoms with van der Waals surface area (Å²) >= 11 is 6.18. The smallest absolute Gasteiger partial charge is 0.234 e. The van der Waals surface area contributed by atoms with Crippen LogP contribution in [0.3, 0.4) is 0 Å². The maximum atomic E-state index is 13.3. The largest absolute Gasteiger partial charge is 0.325 e. The Balaban J connectivity index is 1.45. The fourth-order valence-corrected chi connectivity index (χ4v) is 5.33. The number of aromatic nitrogens is 1. The molecule has 5 atom stereocenters. The Kier molecular flexibility index (Phi) is 4.66. The lowest BCUT2D eigenvalue weighted by atomic mass is 9.85. The highest BCUT2D eigenvalue weighted by Crippen LogP contribution is 2.54. The molecule has 2 aromatic rings. The number of allylic oxidation sites excluding steroid dienone is 2. The van der Waals surface area contributed by atoms with Gasteiger partial charge in [0.15, 0.2) is 0 Å². The normalized spacial score (nSPS) is 27.4. The summed E-state index contributed by atoms with van der Waals surface area (Å²) in [5.41, 5.74) is 1.23. The molecule has 1 saturated carbocycles. The van der Waals surface area contributed by atoms with Crippen LogP contribution in [0.15, 0.2) is 60.9 Å². The Morgan fingerprint density at radius 3 is 2.50 bits per heavy atom. The molecule has 1 aromatic heterocycles. The third kappa shape index (κ3) is 3.12. The van der Waals surface area contributed by atoms with Crippen LogP contribution in [-0.2, 0) is 14.4 Å². The molecular weight excluding hydrogens is 402 g/mol. The van der Waals surface area contributed by atoms with Crippen LogP contribution in [0.5, 0.6) is 0 Å². The first-order valence-corrected chi connectivity index (χ1v) is 10.4. The maximum Gasteiger partial charge on any atom is 0.234 e. The van der Waals surface area contributed by atoms with Crippen molar-refractivity contribution < 1.29 is 14.4 Å². The number of nitrogens with one attached hydrogen (secondary N) is 1. The monoisotopic (exact) mass is 421 g/mol. The number of benzene rings is 1. The fourth-order valence-electron chi connectivity index (χ4n) is 5.13. The van der Waals surface area contributed by atoms with Crippen LogP contribution in [0.2, 0.25) is 5.02 Å². The number of anilines is 1. The van der Waals surface area contributed by atoms with Crippen LogP contribution in [0, 0.1) is 23.7 Å². The summed E-state index contributed by atoms with van der Waals surface area (Å²) in [7, 11) is 0. The Morgan fingerprint density at radius 1 is 1.13 bits per heavy atom. The van der Waals surface area contributed by atoms with E-state index in [2.05, 4.69) is 22.5 Å². The number of hydrogen-bond acceptors (Lipinski definition) is 4. The third-order valence-corrected chi connectivity index (χ3v) is 6.61. The first-order valence-electron chi connectivity index (χ1n) is 10.0. The molecule has 2 heterocycles. The van der Waals surface area contributed by atoms with E-state index in [0.717, 1.165) is 6.42 Å². The van der Waals surface area contributed by atoms with E-state index in [-0.39, 0.29) is 47.8 Å². The van der Waals surface area contributed by atoms with Gasteiger partial charge in [0.1, 0.15) is 0 Å². The van der Waals surface area contributed by atoms with Gasteiger partial charge >= 0.3 is 0 Å². The molecule has 30 heavy (non-hydrogen) atoms. The van der Waals surface area contributed by atoms with E-state index in [0.29, 0.717) is 16.3 Å². The van der Waals surface area contributed by atoms with Crippen molar-refractivity contribution in [2.75, 3.05) is 5.32 Å². The highest BCUT2D eigenvalue weighted by molar-refractivity contribution is 6.30. The van der Waals surface area contributed by atoms with Gasteiger partial charge in [0.2, 0.25) is 17.7 Å². The topological polar surface area (TPSA) is 79.4 Å². The van der Waals surface area contributed by atoms with Gasteiger partial charge in [-0.1, -0.05) is 35.9 Å². The number of fused-ring (bicyclic) bond motifs is 5. The number of carbonyl (C=O) groups is 3. The first-order chi connectivity index (χ1) is 14.5. The molecule has 6 nitrogen and oxygen atoms in total. The number of pyridine rings is 1. The second kappa shape index (κ2) is 7.36. The Hall–Kier alpha value is -2.99. The lowest BCUT2D eigenvalue weighted by Crippen LogP contribution is -2.38. The molecule has 0 radical (unpaired) electrons. The predicted molar refractivity (Wildman–Crippen MR) is 111 cm³/mol. The minimum atomic E-state index is -0.703. The molecule has 2 bridgehead atoms. The molecule has 2 fully saturated rings. The summed E-state index contributed by atoms with van der Waals surface area (Å²) < 4.78 is 0. The predicted octanol–water partition coefficient (Wildman–Crippen LogP) is 3.61. The van der Waals surface area contributed by atoms with Crippen molar-refractivity contribution in [3.8, 4) is 0 Å². The van der Waals surface area contributed by atoms with Gasteiger partial charge in [0.25, 0.3) is 0 Å². The van der Waals surface area contributed by atoms with Crippen LogP contribution in [0.4, 0.5) is 5.69 Å². The number of carbonyl (C=O) groups excluding carboxylic acids is 3. The van der Waals surface area contributed by atoms with Crippen molar-refractivity contribution in [1.82, 2.24) is 9.88 Å². The molecule has 5 rings (SSSR count). The van der Waals surface area contributed by atoms with E-state index >= 15 is 0 Å². The number of imide groups is 1. The van der Waals surface area contributed by atoms with E-state index in [1.807, 2.05) is 0 Å². The SMILES string of the molecule is O=C(CC(c1cccc(Cl)c1)N1C(=O)C2C3C=CC(C3)C2C1=O)Nc1cccnc1. The average Bonchev–Trinajstić information content (AvgIpc) is 3.41. The van der Waals surface area contributed by atoms with Gasteiger partial charge in [-0.2, -0.15) is 0 Å². The van der Waals surface area contributed by atoms with Gasteiger partial charge in [-0.05, 0) is 48.1 Å². The van der Waals surface area contributed by atoms with Crippen molar-refractivity contribution >= 4 is 35.0 Å². The number of rotatable bonds is 5. The minimum absolute atomic E-state index is 0.0467. The fraction of sp³-hybridized carbons (Fsp3) is 0.304. The van der Waals surface area contributed by atoms with Crippen LogP contribution in [0.1, 0.15) is 24.4 Å². The molecule has 3 aliphatic rings. The first kappa shape index (κ1) is 19.0. The van der Waals surface area contributed by atoms with E-state index in [1.165, 1.54) is 4.90 Å². The molecule has 5 unspecified atom stereocenters. The lowest BCUT2D eigenvalue weighted by Gasteiger charge is -2.28. The van der Waals surface area contributed by atoms with Crippen molar-refractivity contribution in [3.63, 3.8) is 0 Å². The number of nitrogens with zero attached hydrogens (tertiary/aromatic N) is 2. The van der Waals surface area contributed by atoms with E-state index in [1.54, 1.807) is 48.8 Å². The van der Waals surface area contributed by atoms with E-state index in [9.17, 15) is 14.4 Å². The molecule has 1 aliphatic heterocycles. The van der Waals surface area contributed by atoms with Crippen molar-refractivity contribution in [2.45, 2.75) is 18.9 Å². The van der Waals surface area contributed by atoms with E-state index < -0.39 is 6.04 Å². The summed E-state index contributed by atoms with van der Waals surface area (Å²) in [5, 5.41) is 3.29. The molecule has 1 saturated heterocycles. The lowest BCUT2D eigenvalue weighted by molar-refractivity contribution is -0.144. The average molecular weight is 422 g/mol. The Morgan fingerprint density at radius 2 is 1.87 bits per heavy atom. The van der Waals surface area contributed by atoms with Gasteiger partial charge in [0, 0.05) is 11.2 Å². The molecular formula is C23H20ClN3O3. The highest BCUT2D eigenvalue weighted by atomic mass is 35.5. The van der Waals surface area contributed by atoms with Gasteiger partial charge < -0.3 is 5.32 Å².